The van der Waals surface area contributed by atoms with E-state index in [0.717, 1.165) is 12.1 Å². The van der Waals surface area contributed by atoms with Gasteiger partial charge in [-0.2, -0.15) is 13.2 Å². The number of nitrogens with two attached hydrogens (primary N) is 1. The molecule has 1 aromatic carbocycles. The van der Waals surface area contributed by atoms with Gasteiger partial charge in [0.1, 0.15) is 0 Å². The van der Waals surface area contributed by atoms with Crippen molar-refractivity contribution in [1.82, 2.24) is 0 Å². The molecule has 0 heterocycles. The van der Waals surface area contributed by atoms with Crippen LogP contribution in [0, 0.1) is 6.92 Å². The summed E-state index contributed by atoms with van der Waals surface area (Å²) in [5, 5.41) is 0. The molecule has 16 heavy (non-hydrogen) atoms. The van der Waals surface area contributed by atoms with Crippen molar-refractivity contribution in [2.24, 2.45) is 5.73 Å². The summed E-state index contributed by atoms with van der Waals surface area (Å²) in [6.07, 6.45) is -4.69. The van der Waals surface area contributed by atoms with Crippen LogP contribution in [0.1, 0.15) is 31.8 Å². The molecule has 6 heteroatoms. The van der Waals surface area contributed by atoms with Gasteiger partial charge in [0.2, 0.25) is 5.91 Å². The predicted molar refractivity (Wildman–Crippen MR) is 50.1 cm³/mol. The Bertz CT molecular complexity index is 452. The van der Waals surface area contributed by atoms with Gasteiger partial charge in [0.05, 0.1) is 11.1 Å². The summed E-state index contributed by atoms with van der Waals surface area (Å²) < 4.78 is 37.5. The fraction of sp³-hybridized carbons (Fsp3) is 0.200. The quantitative estimate of drug-likeness (QED) is 0.790. The Kier molecular flexibility index (Phi) is 3.02. The third-order valence-electron chi connectivity index (χ3n) is 2.12. The highest BCUT2D eigenvalue weighted by atomic mass is 19.4. The van der Waals surface area contributed by atoms with Gasteiger partial charge in [0.15, 0.2) is 6.29 Å². The van der Waals surface area contributed by atoms with Crippen molar-refractivity contribution >= 4 is 12.2 Å². The number of carbonyl (C=O) groups is 2. The largest absolute Gasteiger partial charge is 0.417 e. The molecule has 0 saturated carbocycles. The lowest BCUT2D eigenvalue weighted by Gasteiger charge is -2.13. The molecule has 0 spiro atoms. The second kappa shape index (κ2) is 3.96. The smallest absolute Gasteiger partial charge is 0.366 e. The van der Waals surface area contributed by atoms with Gasteiger partial charge in [-0.1, -0.05) is 6.07 Å². The number of hydrogen-bond acceptors (Lipinski definition) is 2. The average Bonchev–Trinajstić information content (AvgIpc) is 2.14. The summed E-state index contributed by atoms with van der Waals surface area (Å²) >= 11 is 0. The van der Waals surface area contributed by atoms with Crippen molar-refractivity contribution in [3.05, 3.63) is 34.4 Å². The van der Waals surface area contributed by atoms with Crippen LogP contribution in [0.5, 0.6) is 0 Å². The molecule has 1 aromatic rings. The maximum absolute atomic E-state index is 12.5. The van der Waals surface area contributed by atoms with Crippen LogP contribution < -0.4 is 5.73 Å². The van der Waals surface area contributed by atoms with Gasteiger partial charge in [-0.25, -0.2) is 0 Å². The Morgan fingerprint density at radius 2 is 1.94 bits per heavy atom. The minimum atomic E-state index is -4.69. The zero-order chi connectivity index (χ0) is 12.5. The third-order valence-corrected chi connectivity index (χ3v) is 2.12. The summed E-state index contributed by atoms with van der Waals surface area (Å²) in [6.45, 7) is 1.41. The fourth-order valence-electron chi connectivity index (χ4n) is 1.43. The van der Waals surface area contributed by atoms with Crippen molar-refractivity contribution in [1.29, 1.82) is 0 Å². The molecule has 0 aliphatic rings. The Labute approximate surface area is 89.1 Å². The maximum atomic E-state index is 12.5. The first-order valence-electron chi connectivity index (χ1n) is 4.24. The molecule has 2 N–H and O–H groups in total. The van der Waals surface area contributed by atoms with E-state index in [1.54, 1.807) is 0 Å². The normalized spacial score (nSPS) is 11.2. The number of halogens is 3. The fourth-order valence-corrected chi connectivity index (χ4v) is 1.43. The number of aryl methyl sites for hydroxylation is 1. The molecule has 0 aromatic heterocycles. The molecule has 0 aliphatic carbocycles. The number of benzene rings is 1. The van der Waals surface area contributed by atoms with Gasteiger partial charge in [-0.05, 0) is 18.6 Å². The predicted octanol–water partition coefficient (Wildman–Crippen LogP) is 1.93. The second-order valence-electron chi connectivity index (χ2n) is 3.20. The molecule has 0 bridgehead atoms. The standard InChI is InChI=1S/C10H8F3NO2/c1-5-2-3-7(10(11,12)13)6(4-15)8(5)9(14)16/h2-4H,1H3,(H2,14,16). The van der Waals surface area contributed by atoms with E-state index >= 15 is 0 Å². The van der Waals surface area contributed by atoms with E-state index in [9.17, 15) is 22.8 Å². The zero-order valence-electron chi connectivity index (χ0n) is 8.26. The molecule has 0 unspecified atom stereocenters. The minimum Gasteiger partial charge on any atom is -0.366 e. The molecule has 3 nitrogen and oxygen atoms in total. The van der Waals surface area contributed by atoms with Crippen molar-refractivity contribution in [3.63, 3.8) is 0 Å². The monoisotopic (exact) mass is 231 g/mol. The highest BCUT2D eigenvalue weighted by molar-refractivity contribution is 6.02. The first-order valence-corrected chi connectivity index (χ1v) is 4.24. The van der Waals surface area contributed by atoms with E-state index in [-0.39, 0.29) is 17.4 Å². The molecular weight excluding hydrogens is 223 g/mol. The van der Waals surface area contributed by atoms with Crippen LogP contribution in [-0.4, -0.2) is 12.2 Å². The van der Waals surface area contributed by atoms with E-state index in [2.05, 4.69) is 0 Å². The highest BCUT2D eigenvalue weighted by Crippen LogP contribution is 2.33. The van der Waals surface area contributed by atoms with Crippen molar-refractivity contribution in [3.8, 4) is 0 Å². The van der Waals surface area contributed by atoms with Gasteiger partial charge < -0.3 is 5.73 Å². The van der Waals surface area contributed by atoms with Gasteiger partial charge in [-0.3, -0.25) is 9.59 Å². The average molecular weight is 231 g/mol. The summed E-state index contributed by atoms with van der Waals surface area (Å²) in [4.78, 5) is 21.6. The SMILES string of the molecule is Cc1ccc(C(F)(F)F)c(C=O)c1C(N)=O. The van der Waals surface area contributed by atoms with Crippen LogP contribution in [0.4, 0.5) is 13.2 Å². The highest BCUT2D eigenvalue weighted by Gasteiger charge is 2.35. The lowest BCUT2D eigenvalue weighted by molar-refractivity contribution is -0.137. The van der Waals surface area contributed by atoms with Crippen LogP contribution in [0.3, 0.4) is 0 Å². The maximum Gasteiger partial charge on any atom is 0.417 e. The summed E-state index contributed by atoms with van der Waals surface area (Å²) in [5.41, 5.74) is 2.93. The Morgan fingerprint density at radius 3 is 2.31 bits per heavy atom. The zero-order valence-corrected chi connectivity index (χ0v) is 8.26. The number of carbonyl (C=O) groups excluding carboxylic acids is 2. The summed E-state index contributed by atoms with van der Waals surface area (Å²) in [6, 6.07) is 1.86. The molecule has 0 aliphatic heterocycles. The van der Waals surface area contributed by atoms with Crippen LogP contribution in [-0.2, 0) is 6.18 Å². The number of alkyl halides is 3. The Morgan fingerprint density at radius 1 is 1.38 bits per heavy atom. The minimum absolute atomic E-state index is 0.00405. The van der Waals surface area contributed by atoms with Crippen LogP contribution in [0.25, 0.3) is 0 Å². The van der Waals surface area contributed by atoms with E-state index in [4.69, 9.17) is 5.73 Å². The molecule has 0 atom stereocenters. The van der Waals surface area contributed by atoms with Crippen LogP contribution >= 0.6 is 0 Å². The number of amides is 1. The van der Waals surface area contributed by atoms with E-state index < -0.39 is 23.2 Å². The lowest BCUT2D eigenvalue weighted by Crippen LogP contribution is -2.19. The number of primary amides is 1. The number of hydrogen-bond donors (Lipinski definition) is 1. The molecule has 1 amide bonds. The summed E-state index contributed by atoms with van der Waals surface area (Å²) in [5.74, 6) is -1.05. The van der Waals surface area contributed by atoms with E-state index in [1.165, 1.54) is 6.92 Å². The first-order chi connectivity index (χ1) is 7.29. The molecule has 0 fully saturated rings. The van der Waals surface area contributed by atoms with Gasteiger partial charge in [-0.15, -0.1) is 0 Å². The first kappa shape index (κ1) is 12.2. The van der Waals surface area contributed by atoms with Crippen molar-refractivity contribution < 1.29 is 22.8 Å². The number of rotatable bonds is 2. The van der Waals surface area contributed by atoms with Gasteiger partial charge in [0, 0.05) is 5.56 Å². The third kappa shape index (κ3) is 2.05. The Balaban J connectivity index is 3.62. The summed E-state index contributed by atoms with van der Waals surface area (Å²) in [7, 11) is 0. The molecule has 0 radical (unpaired) electrons. The van der Waals surface area contributed by atoms with Crippen LogP contribution in [0.2, 0.25) is 0 Å². The number of aldehydes is 1. The molecule has 86 valence electrons. The van der Waals surface area contributed by atoms with Crippen LogP contribution in [0.15, 0.2) is 12.1 Å². The molecule has 1 rings (SSSR count). The van der Waals surface area contributed by atoms with Gasteiger partial charge in [0.25, 0.3) is 0 Å². The molecular formula is C10H8F3NO2. The lowest BCUT2D eigenvalue weighted by atomic mass is 9.96. The second-order valence-corrected chi connectivity index (χ2v) is 3.20. The van der Waals surface area contributed by atoms with E-state index in [1.807, 2.05) is 0 Å². The van der Waals surface area contributed by atoms with Crippen molar-refractivity contribution in [2.45, 2.75) is 13.1 Å². The Hall–Kier alpha value is -1.85. The topological polar surface area (TPSA) is 60.2 Å². The molecule has 0 saturated heterocycles. The van der Waals surface area contributed by atoms with Crippen molar-refractivity contribution in [2.75, 3.05) is 0 Å². The van der Waals surface area contributed by atoms with E-state index in [0.29, 0.717) is 0 Å². The van der Waals surface area contributed by atoms with Gasteiger partial charge >= 0.3 is 6.18 Å².